The fraction of sp³-hybridized carbons (Fsp3) is 0.286. The van der Waals surface area contributed by atoms with E-state index in [9.17, 15) is 5.11 Å². The zero-order chi connectivity index (χ0) is 15.9. The van der Waals surface area contributed by atoms with Gasteiger partial charge in [-0.05, 0) is 30.7 Å². The van der Waals surface area contributed by atoms with E-state index in [1.807, 2.05) is 24.3 Å². The van der Waals surface area contributed by atoms with Crippen molar-refractivity contribution in [1.82, 2.24) is 9.97 Å². The Balaban J connectivity index is 2.08. The summed E-state index contributed by atoms with van der Waals surface area (Å²) in [6.07, 6.45) is 1.30. The summed E-state index contributed by atoms with van der Waals surface area (Å²) in [4.78, 5) is 9.99. The average Bonchev–Trinajstić information content (AvgIpc) is 2.51. The van der Waals surface area contributed by atoms with Crippen molar-refractivity contribution in [2.45, 2.75) is 22.3 Å². The lowest BCUT2D eigenvalue weighted by Crippen LogP contribution is -2.17. The average molecular weight is 341 g/mol. The molecule has 0 aliphatic heterocycles. The van der Waals surface area contributed by atoms with Gasteiger partial charge in [0.25, 0.3) is 0 Å². The topological polar surface area (TPSA) is 104 Å². The van der Waals surface area contributed by atoms with Crippen LogP contribution in [0.25, 0.3) is 0 Å². The first-order chi connectivity index (χ1) is 10.6. The molecule has 0 spiro atoms. The number of benzene rings is 1. The van der Waals surface area contributed by atoms with Crippen LogP contribution in [-0.4, -0.2) is 39.4 Å². The van der Waals surface area contributed by atoms with Gasteiger partial charge in [0, 0.05) is 22.7 Å². The minimum atomic E-state index is -0.751. The molecule has 0 aliphatic rings. The van der Waals surface area contributed by atoms with E-state index >= 15 is 0 Å². The van der Waals surface area contributed by atoms with Gasteiger partial charge in [-0.3, -0.25) is 0 Å². The van der Waals surface area contributed by atoms with Crippen LogP contribution in [0.4, 0.5) is 11.8 Å². The summed E-state index contributed by atoms with van der Waals surface area (Å²) >= 11 is 7.35. The number of anilines is 2. The summed E-state index contributed by atoms with van der Waals surface area (Å²) < 4.78 is 0. The second-order valence-electron chi connectivity index (χ2n) is 4.55. The molecule has 0 saturated carbocycles. The minimum absolute atomic E-state index is 0.172. The predicted molar refractivity (Wildman–Crippen MR) is 88.2 cm³/mol. The lowest BCUT2D eigenvalue weighted by atomic mass is 10.3. The molecule has 1 unspecified atom stereocenters. The molecular weight excluding hydrogens is 324 g/mol. The molecule has 2 rings (SSSR count). The Morgan fingerprint density at radius 3 is 2.73 bits per heavy atom. The third-order valence-electron chi connectivity index (χ3n) is 2.80. The molecule has 118 valence electrons. The van der Waals surface area contributed by atoms with Gasteiger partial charge in [0.05, 0.1) is 17.6 Å². The third kappa shape index (κ3) is 5.03. The molecule has 1 atom stereocenters. The molecule has 0 fully saturated rings. The van der Waals surface area contributed by atoms with E-state index in [-0.39, 0.29) is 12.6 Å². The highest BCUT2D eigenvalue weighted by atomic mass is 35.5. The number of rotatable bonds is 7. The first kappa shape index (κ1) is 16.8. The first-order valence-electron chi connectivity index (χ1n) is 6.67. The number of aliphatic hydroxyl groups is 2. The Labute approximate surface area is 137 Å². The summed E-state index contributed by atoms with van der Waals surface area (Å²) in [5, 5.41) is 21.9. The van der Waals surface area contributed by atoms with Gasteiger partial charge >= 0.3 is 0 Å². The van der Waals surface area contributed by atoms with Gasteiger partial charge in [0.2, 0.25) is 5.95 Å². The summed E-state index contributed by atoms with van der Waals surface area (Å²) in [5.41, 5.74) is 5.62. The van der Waals surface area contributed by atoms with E-state index in [0.717, 1.165) is 9.79 Å². The van der Waals surface area contributed by atoms with E-state index < -0.39 is 6.10 Å². The molecule has 0 bridgehead atoms. The van der Waals surface area contributed by atoms with E-state index in [1.165, 1.54) is 11.8 Å². The minimum Gasteiger partial charge on any atom is -0.394 e. The third-order valence-corrected chi connectivity index (χ3v) is 4.07. The zero-order valence-corrected chi connectivity index (χ0v) is 13.3. The van der Waals surface area contributed by atoms with Crippen LogP contribution in [0.3, 0.4) is 0 Å². The highest BCUT2D eigenvalue weighted by Crippen LogP contribution is 2.32. The molecule has 22 heavy (non-hydrogen) atoms. The van der Waals surface area contributed by atoms with Crippen LogP contribution in [-0.2, 0) is 0 Å². The monoisotopic (exact) mass is 340 g/mol. The van der Waals surface area contributed by atoms with Crippen molar-refractivity contribution >= 4 is 35.1 Å². The maximum Gasteiger partial charge on any atom is 0.221 e. The second kappa shape index (κ2) is 8.19. The lowest BCUT2D eigenvalue weighted by molar-refractivity contribution is 0.0911. The number of hydrogen-bond donors (Lipinski definition) is 4. The molecule has 0 saturated heterocycles. The molecule has 0 aliphatic carbocycles. The number of nitrogens with zero attached hydrogens (tertiary/aromatic N) is 2. The summed E-state index contributed by atoms with van der Waals surface area (Å²) in [5.74, 6) is 0.767. The predicted octanol–water partition coefficient (Wildman–Crippen LogP) is 2.02. The van der Waals surface area contributed by atoms with Gasteiger partial charge in [0.1, 0.15) is 5.82 Å². The molecule has 5 N–H and O–H groups in total. The van der Waals surface area contributed by atoms with Crippen LogP contribution in [0.5, 0.6) is 0 Å². The van der Waals surface area contributed by atoms with Crippen LogP contribution >= 0.6 is 23.4 Å². The highest BCUT2D eigenvalue weighted by molar-refractivity contribution is 7.99. The smallest absolute Gasteiger partial charge is 0.221 e. The number of nitrogens with one attached hydrogen (secondary N) is 1. The fourth-order valence-electron chi connectivity index (χ4n) is 1.66. The van der Waals surface area contributed by atoms with Crippen LogP contribution in [0.2, 0.25) is 5.02 Å². The maximum absolute atomic E-state index is 9.36. The van der Waals surface area contributed by atoms with Gasteiger partial charge < -0.3 is 21.3 Å². The van der Waals surface area contributed by atoms with E-state index in [2.05, 4.69) is 15.3 Å². The fourth-order valence-corrected chi connectivity index (χ4v) is 2.64. The number of aliphatic hydroxyl groups excluding tert-OH is 2. The van der Waals surface area contributed by atoms with Crippen molar-refractivity contribution in [2.75, 3.05) is 24.2 Å². The number of nitrogens with two attached hydrogens (primary N) is 1. The van der Waals surface area contributed by atoms with Crippen molar-refractivity contribution in [3.63, 3.8) is 0 Å². The number of hydrogen-bond acceptors (Lipinski definition) is 7. The molecule has 8 heteroatoms. The largest absolute Gasteiger partial charge is 0.394 e. The maximum atomic E-state index is 9.36. The zero-order valence-electron chi connectivity index (χ0n) is 11.7. The molecule has 1 heterocycles. The molecule has 0 amide bonds. The quantitative estimate of drug-likeness (QED) is 0.611. The Kier molecular flexibility index (Phi) is 6.26. The van der Waals surface area contributed by atoms with Gasteiger partial charge in [-0.1, -0.05) is 23.4 Å². The standard InChI is InChI=1S/C14H17ClN4O2S/c15-9-1-3-11(4-2-9)22-12-7-18-14(16)19-13(12)17-6-5-10(21)8-20/h1-4,7,10,20-21H,5-6,8H2,(H3,16,17,18,19). The normalized spacial score (nSPS) is 12.1. The summed E-state index contributed by atoms with van der Waals surface area (Å²) in [6, 6.07) is 7.44. The van der Waals surface area contributed by atoms with Crippen LogP contribution in [0.1, 0.15) is 6.42 Å². The van der Waals surface area contributed by atoms with Crippen molar-refractivity contribution in [3.05, 3.63) is 35.5 Å². The molecule has 2 aromatic rings. The number of nitrogen functional groups attached to an aromatic ring is 1. The Hall–Kier alpha value is -1.54. The second-order valence-corrected chi connectivity index (χ2v) is 6.10. The van der Waals surface area contributed by atoms with Gasteiger partial charge in [0.15, 0.2) is 0 Å². The Morgan fingerprint density at radius 1 is 1.32 bits per heavy atom. The molecule has 1 aromatic carbocycles. The molecular formula is C14H17ClN4O2S. The highest BCUT2D eigenvalue weighted by Gasteiger charge is 2.09. The van der Waals surface area contributed by atoms with E-state index in [0.29, 0.717) is 23.8 Å². The Bertz CT molecular complexity index is 612. The van der Waals surface area contributed by atoms with Gasteiger partial charge in [-0.15, -0.1) is 0 Å². The van der Waals surface area contributed by atoms with E-state index in [4.69, 9.17) is 22.4 Å². The molecule has 1 aromatic heterocycles. The Morgan fingerprint density at radius 2 is 2.05 bits per heavy atom. The first-order valence-corrected chi connectivity index (χ1v) is 7.86. The van der Waals surface area contributed by atoms with Crippen molar-refractivity contribution in [1.29, 1.82) is 0 Å². The van der Waals surface area contributed by atoms with E-state index in [1.54, 1.807) is 6.20 Å². The van der Waals surface area contributed by atoms with Crippen molar-refractivity contribution < 1.29 is 10.2 Å². The number of halogens is 1. The van der Waals surface area contributed by atoms with Crippen LogP contribution in [0.15, 0.2) is 40.3 Å². The van der Waals surface area contributed by atoms with Gasteiger partial charge in [-0.25, -0.2) is 4.98 Å². The summed E-state index contributed by atoms with van der Waals surface area (Å²) in [6.45, 7) is 0.201. The van der Waals surface area contributed by atoms with Crippen molar-refractivity contribution in [2.24, 2.45) is 0 Å². The van der Waals surface area contributed by atoms with Crippen LogP contribution in [0, 0.1) is 0 Å². The SMILES string of the molecule is Nc1ncc(Sc2ccc(Cl)cc2)c(NCCC(O)CO)n1. The molecule has 6 nitrogen and oxygen atoms in total. The number of aromatic nitrogens is 2. The van der Waals surface area contributed by atoms with Crippen molar-refractivity contribution in [3.8, 4) is 0 Å². The lowest BCUT2D eigenvalue weighted by Gasteiger charge is -2.12. The summed E-state index contributed by atoms with van der Waals surface area (Å²) in [7, 11) is 0. The van der Waals surface area contributed by atoms with Gasteiger partial charge in [-0.2, -0.15) is 4.98 Å². The molecule has 0 radical (unpaired) electrons. The van der Waals surface area contributed by atoms with Crippen LogP contribution < -0.4 is 11.1 Å².